The van der Waals surface area contributed by atoms with Crippen molar-refractivity contribution in [1.29, 1.82) is 0 Å². The highest BCUT2D eigenvalue weighted by atomic mass is 15.1. The molecule has 2 aliphatic carbocycles. The molecule has 5 unspecified atom stereocenters. The van der Waals surface area contributed by atoms with E-state index in [9.17, 15) is 0 Å². The van der Waals surface area contributed by atoms with Crippen LogP contribution in [0.4, 0.5) is 0 Å². The van der Waals surface area contributed by atoms with Crippen LogP contribution in [-0.4, -0.2) is 31.1 Å². The van der Waals surface area contributed by atoms with Crippen LogP contribution < -0.4 is 5.73 Å². The Labute approximate surface area is 113 Å². The summed E-state index contributed by atoms with van der Waals surface area (Å²) in [4.78, 5) is 2.54. The molecule has 0 radical (unpaired) electrons. The number of rotatable bonds is 5. The SMILES string of the molecule is CC(C)C1CCC(N)C(CN(C)CC2CC2C)C1. The van der Waals surface area contributed by atoms with E-state index in [0.717, 1.165) is 29.6 Å². The van der Waals surface area contributed by atoms with Gasteiger partial charge in [0.2, 0.25) is 0 Å². The second-order valence-electron chi connectivity index (χ2n) is 7.44. The minimum absolute atomic E-state index is 0.444. The Kier molecular flexibility index (Phi) is 4.71. The van der Waals surface area contributed by atoms with Gasteiger partial charge < -0.3 is 10.6 Å². The molecule has 2 saturated carbocycles. The molecule has 2 heteroatoms. The molecule has 0 aliphatic heterocycles. The van der Waals surface area contributed by atoms with Crippen molar-refractivity contribution in [2.45, 2.75) is 52.5 Å². The molecule has 0 aromatic heterocycles. The summed E-state index contributed by atoms with van der Waals surface area (Å²) in [7, 11) is 2.29. The van der Waals surface area contributed by atoms with Gasteiger partial charge in [-0.15, -0.1) is 0 Å². The maximum Gasteiger partial charge on any atom is 0.00795 e. The van der Waals surface area contributed by atoms with Gasteiger partial charge in [0.15, 0.2) is 0 Å². The third-order valence-corrected chi connectivity index (χ3v) is 5.39. The molecule has 0 aromatic carbocycles. The molecule has 2 fully saturated rings. The van der Waals surface area contributed by atoms with Crippen LogP contribution >= 0.6 is 0 Å². The molecule has 18 heavy (non-hydrogen) atoms. The molecule has 5 atom stereocenters. The normalized spacial score (nSPS) is 40.5. The van der Waals surface area contributed by atoms with Crippen LogP contribution in [0.2, 0.25) is 0 Å². The van der Waals surface area contributed by atoms with Gasteiger partial charge in [0.05, 0.1) is 0 Å². The van der Waals surface area contributed by atoms with E-state index in [-0.39, 0.29) is 0 Å². The van der Waals surface area contributed by atoms with Crippen LogP contribution in [-0.2, 0) is 0 Å². The molecule has 2 aliphatic rings. The molecule has 2 nitrogen and oxygen atoms in total. The summed E-state index contributed by atoms with van der Waals surface area (Å²) in [6.07, 6.45) is 5.37. The van der Waals surface area contributed by atoms with E-state index in [2.05, 4.69) is 32.7 Å². The lowest BCUT2D eigenvalue weighted by atomic mass is 9.74. The fourth-order valence-electron chi connectivity index (χ4n) is 3.67. The van der Waals surface area contributed by atoms with Gasteiger partial charge in [-0.2, -0.15) is 0 Å². The summed E-state index contributed by atoms with van der Waals surface area (Å²) in [6.45, 7) is 9.62. The monoisotopic (exact) mass is 252 g/mol. The van der Waals surface area contributed by atoms with Gasteiger partial charge in [-0.3, -0.25) is 0 Å². The predicted octanol–water partition coefficient (Wildman–Crippen LogP) is 2.97. The lowest BCUT2D eigenvalue weighted by Gasteiger charge is -2.38. The first-order valence-corrected chi connectivity index (χ1v) is 7.91. The highest BCUT2D eigenvalue weighted by molar-refractivity contribution is 4.88. The summed E-state index contributed by atoms with van der Waals surface area (Å²) >= 11 is 0. The zero-order valence-electron chi connectivity index (χ0n) is 12.7. The first kappa shape index (κ1) is 14.3. The fraction of sp³-hybridized carbons (Fsp3) is 1.00. The van der Waals surface area contributed by atoms with Crippen molar-refractivity contribution in [1.82, 2.24) is 4.90 Å². The minimum atomic E-state index is 0.444. The maximum atomic E-state index is 6.34. The minimum Gasteiger partial charge on any atom is -0.327 e. The number of nitrogens with two attached hydrogens (primary N) is 1. The van der Waals surface area contributed by atoms with E-state index in [1.165, 1.54) is 38.8 Å². The predicted molar refractivity (Wildman–Crippen MR) is 78.4 cm³/mol. The molecule has 0 aromatic rings. The molecule has 0 saturated heterocycles. The molecule has 0 heterocycles. The average Bonchev–Trinajstić information content (AvgIpc) is 2.97. The lowest BCUT2D eigenvalue weighted by molar-refractivity contribution is 0.147. The first-order chi connectivity index (χ1) is 8.47. The Morgan fingerprint density at radius 2 is 1.72 bits per heavy atom. The highest BCUT2D eigenvalue weighted by Crippen LogP contribution is 2.39. The van der Waals surface area contributed by atoms with Gasteiger partial charge in [-0.25, -0.2) is 0 Å². The molecule has 0 spiro atoms. The van der Waals surface area contributed by atoms with Gasteiger partial charge in [0, 0.05) is 19.1 Å². The van der Waals surface area contributed by atoms with Crippen LogP contribution in [0.1, 0.15) is 46.5 Å². The first-order valence-electron chi connectivity index (χ1n) is 7.91. The molecule has 2 rings (SSSR count). The lowest BCUT2D eigenvalue weighted by Crippen LogP contribution is -2.43. The van der Waals surface area contributed by atoms with Crippen LogP contribution in [0.25, 0.3) is 0 Å². The van der Waals surface area contributed by atoms with Crippen molar-refractivity contribution in [2.24, 2.45) is 35.3 Å². The van der Waals surface area contributed by atoms with Crippen LogP contribution in [0.15, 0.2) is 0 Å². The zero-order chi connectivity index (χ0) is 13.3. The fourth-order valence-corrected chi connectivity index (χ4v) is 3.67. The van der Waals surface area contributed by atoms with Gasteiger partial charge in [0.1, 0.15) is 0 Å². The van der Waals surface area contributed by atoms with Gasteiger partial charge in [-0.05, 0) is 62.3 Å². The van der Waals surface area contributed by atoms with E-state index < -0.39 is 0 Å². The van der Waals surface area contributed by atoms with E-state index in [1.807, 2.05) is 0 Å². The zero-order valence-corrected chi connectivity index (χ0v) is 12.7. The van der Waals surface area contributed by atoms with E-state index in [0.29, 0.717) is 6.04 Å². The molecular weight excluding hydrogens is 220 g/mol. The van der Waals surface area contributed by atoms with Gasteiger partial charge in [0.25, 0.3) is 0 Å². The van der Waals surface area contributed by atoms with Crippen LogP contribution in [0.3, 0.4) is 0 Å². The third-order valence-electron chi connectivity index (χ3n) is 5.39. The van der Waals surface area contributed by atoms with Gasteiger partial charge in [-0.1, -0.05) is 20.8 Å². The Morgan fingerprint density at radius 3 is 2.28 bits per heavy atom. The average molecular weight is 252 g/mol. The second kappa shape index (κ2) is 5.92. The molecule has 106 valence electrons. The molecule has 2 N–H and O–H groups in total. The van der Waals surface area contributed by atoms with E-state index in [1.54, 1.807) is 0 Å². The Morgan fingerprint density at radius 1 is 1.11 bits per heavy atom. The van der Waals surface area contributed by atoms with Crippen molar-refractivity contribution >= 4 is 0 Å². The summed E-state index contributed by atoms with van der Waals surface area (Å²) in [6, 6.07) is 0.444. The molecule has 0 amide bonds. The summed E-state index contributed by atoms with van der Waals surface area (Å²) in [5.41, 5.74) is 6.34. The largest absolute Gasteiger partial charge is 0.327 e. The van der Waals surface area contributed by atoms with Crippen molar-refractivity contribution in [2.75, 3.05) is 20.1 Å². The number of hydrogen-bond acceptors (Lipinski definition) is 2. The summed E-state index contributed by atoms with van der Waals surface area (Å²) in [5.74, 6) is 4.40. The highest BCUT2D eigenvalue weighted by Gasteiger charge is 2.35. The van der Waals surface area contributed by atoms with Crippen LogP contribution in [0, 0.1) is 29.6 Å². The summed E-state index contributed by atoms with van der Waals surface area (Å²) in [5, 5.41) is 0. The summed E-state index contributed by atoms with van der Waals surface area (Å²) < 4.78 is 0. The number of nitrogens with zero attached hydrogens (tertiary/aromatic N) is 1. The Bertz CT molecular complexity index is 264. The number of hydrogen-bond donors (Lipinski definition) is 1. The van der Waals surface area contributed by atoms with E-state index in [4.69, 9.17) is 5.73 Å². The smallest absolute Gasteiger partial charge is 0.00795 e. The van der Waals surface area contributed by atoms with E-state index >= 15 is 0 Å². The van der Waals surface area contributed by atoms with Crippen molar-refractivity contribution in [3.05, 3.63) is 0 Å². The topological polar surface area (TPSA) is 29.3 Å². The van der Waals surface area contributed by atoms with Crippen molar-refractivity contribution < 1.29 is 0 Å². The van der Waals surface area contributed by atoms with Gasteiger partial charge >= 0.3 is 0 Å². The quantitative estimate of drug-likeness (QED) is 0.815. The van der Waals surface area contributed by atoms with Crippen LogP contribution in [0.5, 0.6) is 0 Å². The van der Waals surface area contributed by atoms with Crippen molar-refractivity contribution in [3.63, 3.8) is 0 Å². The Hall–Kier alpha value is -0.0800. The molecule has 0 bridgehead atoms. The third kappa shape index (κ3) is 3.71. The molecular formula is C16H32N2. The Balaban J connectivity index is 1.78. The standard InChI is InChI=1S/C16H32N2/c1-11(2)13-5-6-16(17)15(8-13)10-18(4)9-14-7-12(14)3/h11-16H,5-10,17H2,1-4H3. The maximum absolute atomic E-state index is 6.34. The van der Waals surface area contributed by atoms with Crippen molar-refractivity contribution in [3.8, 4) is 0 Å². The second-order valence-corrected chi connectivity index (χ2v) is 7.44.